The third-order valence-corrected chi connectivity index (χ3v) is 5.50. The second-order valence-electron chi connectivity index (χ2n) is 7.40. The van der Waals surface area contributed by atoms with E-state index in [1.54, 1.807) is 12.1 Å². The molecule has 2 atom stereocenters. The van der Waals surface area contributed by atoms with Crippen molar-refractivity contribution >= 4 is 0 Å². The molecule has 27 heavy (non-hydrogen) atoms. The predicted octanol–water partition coefficient (Wildman–Crippen LogP) is 3.57. The minimum Gasteiger partial charge on any atom is -0.658 e. The minimum atomic E-state index is -4.66. The highest BCUT2D eigenvalue weighted by molar-refractivity contribution is 5.30. The van der Waals surface area contributed by atoms with Crippen LogP contribution in [0.5, 0.6) is 5.75 Å². The molecule has 1 aliphatic heterocycles. The second kappa shape index (κ2) is 7.16. The first-order valence-electron chi connectivity index (χ1n) is 9.05. The van der Waals surface area contributed by atoms with Gasteiger partial charge < -0.3 is 14.6 Å². The molecule has 0 spiro atoms. The summed E-state index contributed by atoms with van der Waals surface area (Å²) >= 11 is 0. The standard InChI is InChI=1S/C19H22F3N4O/c1-25-6-5-24-18(25)12-26-10-16-15(17(16)11-26)9-23-8-13-3-2-4-14(7-13)27-19(20,21)22/h2-7,15-17H,8-12H2,1H3/q-1. The summed E-state index contributed by atoms with van der Waals surface area (Å²) in [5, 5.41) is 4.57. The molecule has 4 rings (SSSR count). The molecule has 1 aromatic carbocycles. The molecule has 1 saturated carbocycles. The SMILES string of the molecule is Cn1ccnc1CN1CC2C(C[N-]Cc3cccc(OC(F)(F)F)c3)C2C1. The first-order valence-corrected chi connectivity index (χ1v) is 9.05. The fourth-order valence-corrected chi connectivity index (χ4v) is 4.07. The minimum absolute atomic E-state index is 0.191. The zero-order valence-corrected chi connectivity index (χ0v) is 15.1. The summed E-state index contributed by atoms with van der Waals surface area (Å²) in [5.74, 6) is 2.88. The molecular weight excluding hydrogens is 357 g/mol. The molecule has 146 valence electrons. The van der Waals surface area contributed by atoms with E-state index in [-0.39, 0.29) is 5.75 Å². The summed E-state index contributed by atoms with van der Waals surface area (Å²) in [6.07, 6.45) is -0.882. The first kappa shape index (κ1) is 18.3. The average Bonchev–Trinajstić information content (AvgIpc) is 2.92. The van der Waals surface area contributed by atoms with Crippen molar-refractivity contribution in [1.82, 2.24) is 14.5 Å². The number of aryl methyl sites for hydroxylation is 1. The van der Waals surface area contributed by atoms with Crippen LogP contribution in [-0.4, -0.2) is 40.4 Å². The van der Waals surface area contributed by atoms with Crippen molar-refractivity contribution in [1.29, 1.82) is 0 Å². The summed E-state index contributed by atoms with van der Waals surface area (Å²) in [6.45, 7) is 4.23. The highest BCUT2D eigenvalue weighted by atomic mass is 19.4. The van der Waals surface area contributed by atoms with E-state index in [1.165, 1.54) is 12.1 Å². The van der Waals surface area contributed by atoms with E-state index < -0.39 is 6.36 Å². The van der Waals surface area contributed by atoms with E-state index >= 15 is 0 Å². The van der Waals surface area contributed by atoms with Crippen LogP contribution in [0.3, 0.4) is 0 Å². The topological polar surface area (TPSA) is 44.4 Å². The van der Waals surface area contributed by atoms with Crippen LogP contribution in [0.15, 0.2) is 36.7 Å². The van der Waals surface area contributed by atoms with Gasteiger partial charge in [0.15, 0.2) is 0 Å². The number of imidazole rings is 1. The molecule has 8 heteroatoms. The molecule has 5 nitrogen and oxygen atoms in total. The van der Waals surface area contributed by atoms with E-state index in [0.717, 1.165) is 37.6 Å². The largest absolute Gasteiger partial charge is 0.658 e. The number of nitrogens with zero attached hydrogens (tertiary/aromatic N) is 4. The third-order valence-electron chi connectivity index (χ3n) is 5.50. The zero-order chi connectivity index (χ0) is 19.0. The van der Waals surface area contributed by atoms with Crippen LogP contribution in [0.1, 0.15) is 11.4 Å². The lowest BCUT2D eigenvalue weighted by Gasteiger charge is -2.24. The van der Waals surface area contributed by atoms with Crippen molar-refractivity contribution < 1.29 is 17.9 Å². The van der Waals surface area contributed by atoms with Crippen molar-refractivity contribution in [3.8, 4) is 5.75 Å². The Labute approximate surface area is 156 Å². The molecule has 0 bridgehead atoms. The maximum atomic E-state index is 12.3. The van der Waals surface area contributed by atoms with Gasteiger partial charge in [0.25, 0.3) is 0 Å². The van der Waals surface area contributed by atoms with Gasteiger partial charge in [-0.3, -0.25) is 4.90 Å². The molecule has 2 fully saturated rings. The fraction of sp³-hybridized carbons (Fsp3) is 0.526. The van der Waals surface area contributed by atoms with Gasteiger partial charge in [-0.15, -0.1) is 26.3 Å². The van der Waals surface area contributed by atoms with Crippen LogP contribution in [0.2, 0.25) is 0 Å². The Kier molecular flexibility index (Phi) is 4.86. The Morgan fingerprint density at radius 3 is 2.70 bits per heavy atom. The highest BCUT2D eigenvalue weighted by Crippen LogP contribution is 2.52. The molecular formula is C19H22F3N4O-. The van der Waals surface area contributed by atoms with E-state index in [4.69, 9.17) is 0 Å². The first-order chi connectivity index (χ1) is 12.9. The highest BCUT2D eigenvalue weighted by Gasteiger charge is 2.53. The third kappa shape index (κ3) is 4.44. The van der Waals surface area contributed by atoms with Crippen molar-refractivity contribution in [2.75, 3.05) is 19.6 Å². The number of piperidine rings is 1. The Bertz CT molecular complexity index is 779. The van der Waals surface area contributed by atoms with Crippen molar-refractivity contribution in [2.24, 2.45) is 24.8 Å². The second-order valence-corrected chi connectivity index (χ2v) is 7.40. The van der Waals surface area contributed by atoms with Crippen LogP contribution < -0.4 is 4.74 Å². The number of benzene rings is 1. The molecule has 0 N–H and O–H groups in total. The van der Waals surface area contributed by atoms with Crippen LogP contribution in [0, 0.1) is 17.8 Å². The Hall–Kier alpha value is -2.06. The lowest BCUT2D eigenvalue weighted by atomic mass is 10.2. The van der Waals surface area contributed by atoms with E-state index in [0.29, 0.717) is 24.3 Å². The number of aromatic nitrogens is 2. The summed E-state index contributed by atoms with van der Waals surface area (Å²) < 4.78 is 42.9. The number of fused-ring (bicyclic) bond motifs is 1. The van der Waals surface area contributed by atoms with Gasteiger partial charge in [-0.05, 0) is 24.0 Å². The predicted molar refractivity (Wildman–Crippen MR) is 94.0 cm³/mol. The summed E-state index contributed by atoms with van der Waals surface area (Å²) in [4.78, 5) is 6.81. The number of likely N-dealkylation sites (tertiary alicyclic amines) is 1. The number of alkyl halides is 3. The monoisotopic (exact) mass is 379 g/mol. The lowest BCUT2D eigenvalue weighted by Crippen LogP contribution is -2.26. The van der Waals surface area contributed by atoms with Crippen molar-refractivity contribution in [2.45, 2.75) is 19.5 Å². The number of hydrogen-bond acceptors (Lipinski definition) is 3. The summed E-state index contributed by atoms with van der Waals surface area (Å²) in [7, 11) is 2.01. The molecule has 0 amide bonds. The maximum Gasteiger partial charge on any atom is 0.573 e. The molecule has 2 aromatic rings. The van der Waals surface area contributed by atoms with Crippen LogP contribution in [0.4, 0.5) is 13.2 Å². The van der Waals surface area contributed by atoms with Gasteiger partial charge in [0.1, 0.15) is 11.6 Å². The van der Waals surface area contributed by atoms with Gasteiger partial charge in [0.05, 0.1) is 6.54 Å². The molecule has 2 unspecified atom stereocenters. The Balaban J connectivity index is 1.19. The summed E-state index contributed by atoms with van der Waals surface area (Å²) in [5.41, 5.74) is 0.735. The Morgan fingerprint density at radius 1 is 1.26 bits per heavy atom. The maximum absolute atomic E-state index is 12.3. The average molecular weight is 379 g/mol. The molecule has 2 heterocycles. The van der Waals surface area contributed by atoms with Gasteiger partial charge in [-0.25, -0.2) is 4.98 Å². The Morgan fingerprint density at radius 2 is 2.04 bits per heavy atom. The molecule has 2 aliphatic rings. The van der Waals surface area contributed by atoms with E-state index in [9.17, 15) is 13.2 Å². The molecule has 1 saturated heterocycles. The molecule has 0 radical (unpaired) electrons. The van der Waals surface area contributed by atoms with Gasteiger partial charge >= 0.3 is 6.36 Å². The van der Waals surface area contributed by atoms with Gasteiger partial charge in [-0.1, -0.05) is 23.6 Å². The van der Waals surface area contributed by atoms with Crippen LogP contribution >= 0.6 is 0 Å². The fourth-order valence-electron chi connectivity index (χ4n) is 4.07. The molecule has 1 aliphatic carbocycles. The number of rotatable bonds is 7. The number of hydrogen-bond donors (Lipinski definition) is 0. The number of halogens is 3. The van der Waals surface area contributed by atoms with E-state index in [1.807, 2.05) is 24.0 Å². The van der Waals surface area contributed by atoms with E-state index in [2.05, 4.69) is 19.9 Å². The van der Waals surface area contributed by atoms with Crippen molar-refractivity contribution in [3.63, 3.8) is 0 Å². The quantitative estimate of drug-likeness (QED) is 0.739. The zero-order valence-electron chi connectivity index (χ0n) is 15.1. The van der Waals surface area contributed by atoms with Gasteiger partial charge in [-0.2, -0.15) is 0 Å². The molecule has 1 aromatic heterocycles. The number of ether oxygens (including phenoxy) is 1. The lowest BCUT2D eigenvalue weighted by molar-refractivity contribution is -0.274. The van der Waals surface area contributed by atoms with Gasteiger partial charge in [0.2, 0.25) is 0 Å². The van der Waals surface area contributed by atoms with Crippen molar-refractivity contribution in [3.05, 3.63) is 53.4 Å². The smallest absolute Gasteiger partial charge is 0.573 e. The van der Waals surface area contributed by atoms with Crippen LogP contribution in [0.25, 0.3) is 5.32 Å². The normalized spacial score (nSPS) is 24.8. The van der Waals surface area contributed by atoms with Crippen LogP contribution in [-0.2, 0) is 20.1 Å². The van der Waals surface area contributed by atoms with Gasteiger partial charge in [0, 0.05) is 32.5 Å². The summed E-state index contributed by atoms with van der Waals surface area (Å²) in [6, 6.07) is 6.04.